The minimum atomic E-state index is -0.691. The van der Waals surface area contributed by atoms with Crippen LogP contribution in [-0.4, -0.2) is 53.7 Å². The highest BCUT2D eigenvalue weighted by atomic mass is 32.2. The second kappa shape index (κ2) is 6.52. The summed E-state index contributed by atoms with van der Waals surface area (Å²) in [7, 11) is 0. The number of imide groups is 1. The Morgan fingerprint density at radius 1 is 1.38 bits per heavy atom. The van der Waals surface area contributed by atoms with Gasteiger partial charge in [0.25, 0.3) is 5.91 Å². The van der Waals surface area contributed by atoms with E-state index in [1.807, 2.05) is 0 Å². The van der Waals surface area contributed by atoms with E-state index in [0.29, 0.717) is 12.2 Å². The molecule has 1 aromatic carbocycles. The summed E-state index contributed by atoms with van der Waals surface area (Å²) < 4.78 is 4.96. The predicted molar refractivity (Wildman–Crippen MR) is 85.8 cm³/mol. The van der Waals surface area contributed by atoms with Crippen LogP contribution in [0.5, 0.6) is 0 Å². The third kappa shape index (κ3) is 3.21. The monoisotopic (exact) mass is 349 g/mol. The first kappa shape index (κ1) is 16.3. The zero-order valence-electron chi connectivity index (χ0n) is 12.8. The smallest absolute Gasteiger partial charge is 0.338 e. The standard InChI is InChI=1S/C15H15N3O5S/c1-8-13(20)17-10-6-9(2-3-11(10)24-8)14(21)23-7-12(19)18-5-4-16-15(18)22/h2-3,6,8H,4-5,7H2,1H3,(H,16,22)(H,17,20). The van der Waals surface area contributed by atoms with E-state index < -0.39 is 24.5 Å². The number of amides is 4. The van der Waals surface area contributed by atoms with Crippen LogP contribution in [-0.2, 0) is 14.3 Å². The number of urea groups is 1. The highest BCUT2D eigenvalue weighted by Crippen LogP contribution is 2.35. The van der Waals surface area contributed by atoms with Crippen LogP contribution in [0.25, 0.3) is 0 Å². The largest absolute Gasteiger partial charge is 0.452 e. The van der Waals surface area contributed by atoms with Crippen molar-refractivity contribution in [3.05, 3.63) is 23.8 Å². The number of nitrogens with zero attached hydrogens (tertiary/aromatic N) is 1. The van der Waals surface area contributed by atoms with E-state index >= 15 is 0 Å². The van der Waals surface area contributed by atoms with Crippen molar-refractivity contribution in [2.45, 2.75) is 17.1 Å². The first-order chi connectivity index (χ1) is 11.5. The number of hydrogen-bond acceptors (Lipinski definition) is 6. The van der Waals surface area contributed by atoms with Gasteiger partial charge in [0.2, 0.25) is 5.91 Å². The van der Waals surface area contributed by atoms with Crippen molar-refractivity contribution < 1.29 is 23.9 Å². The Morgan fingerprint density at radius 2 is 2.17 bits per heavy atom. The van der Waals surface area contributed by atoms with Crippen LogP contribution in [0.4, 0.5) is 10.5 Å². The molecule has 0 aliphatic carbocycles. The van der Waals surface area contributed by atoms with Crippen LogP contribution < -0.4 is 10.6 Å². The first-order valence-electron chi connectivity index (χ1n) is 7.32. The fourth-order valence-electron chi connectivity index (χ4n) is 2.33. The summed E-state index contributed by atoms with van der Waals surface area (Å²) >= 11 is 1.41. The lowest BCUT2D eigenvalue weighted by atomic mass is 10.2. The van der Waals surface area contributed by atoms with Crippen LogP contribution in [0.3, 0.4) is 0 Å². The topological polar surface area (TPSA) is 105 Å². The third-order valence-corrected chi connectivity index (χ3v) is 4.81. The summed E-state index contributed by atoms with van der Waals surface area (Å²) in [5.74, 6) is -1.40. The molecule has 0 radical (unpaired) electrons. The number of nitrogens with one attached hydrogen (secondary N) is 2. The number of carbonyl (C=O) groups is 4. The minimum absolute atomic E-state index is 0.131. The Labute approximate surface area is 141 Å². The summed E-state index contributed by atoms with van der Waals surface area (Å²) in [6.07, 6.45) is 0. The van der Waals surface area contributed by atoms with Gasteiger partial charge in [-0.15, -0.1) is 11.8 Å². The fraction of sp³-hybridized carbons (Fsp3) is 0.333. The zero-order valence-corrected chi connectivity index (χ0v) is 13.6. The molecular formula is C15H15N3O5S. The molecule has 1 fully saturated rings. The average Bonchev–Trinajstić information content (AvgIpc) is 2.99. The molecule has 3 rings (SSSR count). The van der Waals surface area contributed by atoms with Gasteiger partial charge in [0.1, 0.15) is 0 Å². The fourth-order valence-corrected chi connectivity index (χ4v) is 3.26. The van der Waals surface area contributed by atoms with Crippen LogP contribution >= 0.6 is 11.8 Å². The molecule has 2 N–H and O–H groups in total. The molecule has 2 aliphatic heterocycles. The number of thioether (sulfide) groups is 1. The van der Waals surface area contributed by atoms with Gasteiger partial charge in [-0.1, -0.05) is 0 Å². The van der Waals surface area contributed by atoms with Crippen LogP contribution in [0, 0.1) is 0 Å². The van der Waals surface area contributed by atoms with E-state index in [0.717, 1.165) is 9.80 Å². The van der Waals surface area contributed by atoms with Crippen molar-refractivity contribution in [3.8, 4) is 0 Å². The van der Waals surface area contributed by atoms with E-state index in [1.165, 1.54) is 17.8 Å². The minimum Gasteiger partial charge on any atom is -0.452 e. The normalized spacial score (nSPS) is 19.4. The number of fused-ring (bicyclic) bond motifs is 1. The number of ether oxygens (including phenoxy) is 1. The maximum Gasteiger partial charge on any atom is 0.338 e. The number of esters is 1. The van der Waals surface area contributed by atoms with Crippen molar-refractivity contribution in [1.82, 2.24) is 10.2 Å². The van der Waals surface area contributed by atoms with Gasteiger partial charge in [-0.05, 0) is 25.1 Å². The third-order valence-electron chi connectivity index (χ3n) is 3.63. The lowest BCUT2D eigenvalue weighted by Gasteiger charge is -2.21. The number of rotatable bonds is 3. The summed E-state index contributed by atoms with van der Waals surface area (Å²) in [6, 6.07) is 4.33. The molecule has 0 spiro atoms. The quantitative estimate of drug-likeness (QED) is 0.783. The van der Waals surface area contributed by atoms with E-state index in [4.69, 9.17) is 4.74 Å². The molecule has 24 heavy (non-hydrogen) atoms. The highest BCUT2D eigenvalue weighted by Gasteiger charge is 2.27. The van der Waals surface area contributed by atoms with Crippen molar-refractivity contribution in [2.75, 3.05) is 25.0 Å². The Morgan fingerprint density at radius 3 is 2.88 bits per heavy atom. The SMILES string of the molecule is CC1Sc2ccc(C(=O)OCC(=O)N3CCNC3=O)cc2NC1=O. The molecule has 8 nitrogen and oxygen atoms in total. The van der Waals surface area contributed by atoms with Gasteiger partial charge in [-0.2, -0.15) is 0 Å². The molecule has 126 valence electrons. The molecular weight excluding hydrogens is 334 g/mol. The average molecular weight is 349 g/mol. The van der Waals surface area contributed by atoms with Crippen LogP contribution in [0.2, 0.25) is 0 Å². The maximum absolute atomic E-state index is 12.1. The van der Waals surface area contributed by atoms with Gasteiger partial charge < -0.3 is 15.4 Å². The molecule has 1 atom stereocenters. The summed E-state index contributed by atoms with van der Waals surface area (Å²) in [6.45, 7) is 1.93. The highest BCUT2D eigenvalue weighted by molar-refractivity contribution is 8.00. The van der Waals surface area contributed by atoms with E-state index in [-0.39, 0.29) is 23.3 Å². The number of carbonyl (C=O) groups excluding carboxylic acids is 4. The molecule has 9 heteroatoms. The summed E-state index contributed by atoms with van der Waals surface area (Å²) in [5, 5.41) is 5.02. The second-order valence-corrected chi connectivity index (χ2v) is 6.70. The predicted octanol–water partition coefficient (Wildman–Crippen LogP) is 0.828. The lowest BCUT2D eigenvalue weighted by Crippen LogP contribution is -2.37. The van der Waals surface area contributed by atoms with Gasteiger partial charge >= 0.3 is 12.0 Å². The van der Waals surface area contributed by atoms with Crippen molar-refractivity contribution in [3.63, 3.8) is 0 Å². The van der Waals surface area contributed by atoms with Crippen molar-refractivity contribution in [1.29, 1.82) is 0 Å². The Kier molecular flexibility index (Phi) is 4.43. The zero-order chi connectivity index (χ0) is 17.3. The van der Waals surface area contributed by atoms with Crippen molar-refractivity contribution >= 4 is 41.3 Å². The Balaban J connectivity index is 1.63. The molecule has 1 unspecified atom stereocenters. The van der Waals surface area contributed by atoms with Crippen molar-refractivity contribution in [2.24, 2.45) is 0 Å². The molecule has 2 heterocycles. The first-order valence-corrected chi connectivity index (χ1v) is 8.20. The van der Waals surface area contributed by atoms with Gasteiger partial charge in [0.15, 0.2) is 6.61 Å². The maximum atomic E-state index is 12.1. The lowest BCUT2D eigenvalue weighted by molar-refractivity contribution is -0.130. The van der Waals surface area contributed by atoms with E-state index in [2.05, 4.69) is 10.6 Å². The van der Waals surface area contributed by atoms with Crippen LogP contribution in [0.15, 0.2) is 23.1 Å². The molecule has 1 saturated heterocycles. The Bertz CT molecular complexity index is 736. The number of hydrogen-bond donors (Lipinski definition) is 2. The van der Waals surface area contributed by atoms with E-state index in [1.54, 1.807) is 19.1 Å². The summed E-state index contributed by atoms with van der Waals surface area (Å²) in [5.41, 5.74) is 0.769. The van der Waals surface area contributed by atoms with Gasteiger partial charge in [-0.25, -0.2) is 9.59 Å². The second-order valence-electron chi connectivity index (χ2n) is 5.31. The molecule has 2 aliphatic rings. The molecule has 0 bridgehead atoms. The van der Waals surface area contributed by atoms with Gasteiger partial charge in [-0.3, -0.25) is 14.5 Å². The molecule has 4 amide bonds. The Hall–Kier alpha value is -2.55. The number of anilines is 1. The van der Waals surface area contributed by atoms with Gasteiger partial charge in [0.05, 0.1) is 16.5 Å². The molecule has 0 saturated carbocycles. The molecule has 0 aromatic heterocycles. The van der Waals surface area contributed by atoms with Crippen LogP contribution in [0.1, 0.15) is 17.3 Å². The van der Waals surface area contributed by atoms with Gasteiger partial charge in [0, 0.05) is 18.0 Å². The molecule has 1 aromatic rings. The van der Waals surface area contributed by atoms with E-state index in [9.17, 15) is 19.2 Å². The summed E-state index contributed by atoms with van der Waals surface area (Å²) in [4.78, 5) is 48.8. The number of benzene rings is 1.